The molecule has 0 amide bonds. The number of aryl methyl sites for hydroxylation is 2. The molecule has 5 nitrogen and oxygen atoms in total. The minimum absolute atomic E-state index is 0.792. The fourth-order valence-corrected chi connectivity index (χ4v) is 2.26. The number of hydrogen-bond donors (Lipinski definition) is 1. The number of hydrogen-bond acceptors (Lipinski definition) is 5. The number of nitrogens with one attached hydrogen (secondary N) is 1. The third-order valence-electron chi connectivity index (χ3n) is 3.66. The molecule has 100 valence electrons. The fourth-order valence-electron chi connectivity index (χ4n) is 2.26. The molecule has 0 radical (unpaired) electrons. The van der Waals surface area contributed by atoms with Crippen LogP contribution in [0.3, 0.4) is 0 Å². The molecular formula is C13H23N5. The fraction of sp³-hybridized carbons (Fsp3) is 0.769. The average Bonchev–Trinajstić information content (AvgIpc) is 2.40. The summed E-state index contributed by atoms with van der Waals surface area (Å²) in [5, 5.41) is 11.8. The van der Waals surface area contributed by atoms with Crippen molar-refractivity contribution in [3.63, 3.8) is 0 Å². The summed E-state index contributed by atoms with van der Waals surface area (Å²) in [6.07, 6.45) is 2.42. The van der Waals surface area contributed by atoms with Gasteiger partial charge in [0.15, 0.2) is 0 Å². The molecule has 0 aromatic carbocycles. The van der Waals surface area contributed by atoms with Crippen molar-refractivity contribution in [2.24, 2.45) is 5.92 Å². The van der Waals surface area contributed by atoms with Gasteiger partial charge in [-0.15, -0.1) is 5.10 Å². The summed E-state index contributed by atoms with van der Waals surface area (Å²) in [5.74, 6) is 1.58. The zero-order chi connectivity index (χ0) is 13.0. The van der Waals surface area contributed by atoms with Crippen molar-refractivity contribution in [1.29, 1.82) is 0 Å². The van der Waals surface area contributed by atoms with Gasteiger partial charge < -0.3 is 10.2 Å². The Kier molecular flexibility index (Phi) is 4.47. The minimum Gasteiger partial charge on any atom is -0.340 e. The van der Waals surface area contributed by atoms with E-state index in [-0.39, 0.29) is 0 Å². The Hall–Kier alpha value is -1.23. The number of rotatable bonds is 4. The molecule has 0 unspecified atom stereocenters. The maximum Gasteiger partial charge on any atom is 0.245 e. The highest BCUT2D eigenvalue weighted by molar-refractivity contribution is 5.30. The van der Waals surface area contributed by atoms with Gasteiger partial charge in [-0.25, -0.2) is 4.98 Å². The summed E-state index contributed by atoms with van der Waals surface area (Å²) in [6, 6.07) is 0. The van der Waals surface area contributed by atoms with E-state index < -0.39 is 0 Å². The lowest BCUT2D eigenvalue weighted by Crippen LogP contribution is -2.38. The molecule has 0 saturated carbocycles. The van der Waals surface area contributed by atoms with Gasteiger partial charge in [-0.3, -0.25) is 0 Å². The van der Waals surface area contributed by atoms with Crippen molar-refractivity contribution >= 4 is 5.95 Å². The maximum atomic E-state index is 4.52. The molecule has 0 spiro atoms. The summed E-state index contributed by atoms with van der Waals surface area (Å²) in [4.78, 5) is 6.77. The second-order valence-electron chi connectivity index (χ2n) is 5.02. The van der Waals surface area contributed by atoms with Crippen molar-refractivity contribution in [2.75, 3.05) is 31.1 Å². The Morgan fingerprint density at radius 2 is 1.89 bits per heavy atom. The van der Waals surface area contributed by atoms with Crippen molar-refractivity contribution in [3.8, 4) is 0 Å². The zero-order valence-electron chi connectivity index (χ0n) is 11.6. The lowest BCUT2D eigenvalue weighted by atomic mass is 9.97. The molecule has 1 fully saturated rings. The summed E-state index contributed by atoms with van der Waals surface area (Å²) in [5.41, 5.74) is 1.90. The Labute approximate surface area is 109 Å². The number of piperidine rings is 1. The van der Waals surface area contributed by atoms with Gasteiger partial charge in [0.1, 0.15) is 0 Å². The van der Waals surface area contributed by atoms with Crippen LogP contribution in [0.4, 0.5) is 5.95 Å². The summed E-state index contributed by atoms with van der Waals surface area (Å²) in [6.45, 7) is 10.4. The van der Waals surface area contributed by atoms with E-state index >= 15 is 0 Å². The van der Waals surface area contributed by atoms with Gasteiger partial charge in [-0.1, -0.05) is 6.92 Å². The van der Waals surface area contributed by atoms with Crippen LogP contribution in [0.2, 0.25) is 0 Å². The van der Waals surface area contributed by atoms with Gasteiger partial charge in [-0.2, -0.15) is 5.10 Å². The highest BCUT2D eigenvalue weighted by atomic mass is 15.3. The van der Waals surface area contributed by atoms with Crippen molar-refractivity contribution < 1.29 is 0 Å². The van der Waals surface area contributed by atoms with Gasteiger partial charge in [-0.05, 0) is 45.7 Å². The van der Waals surface area contributed by atoms with Crippen LogP contribution in [0.5, 0.6) is 0 Å². The molecule has 1 aliphatic rings. The Balaban J connectivity index is 1.90. The molecule has 2 rings (SSSR count). The lowest BCUT2D eigenvalue weighted by molar-refractivity contribution is 0.383. The average molecular weight is 249 g/mol. The molecule has 1 aromatic heterocycles. The van der Waals surface area contributed by atoms with E-state index in [9.17, 15) is 0 Å². The van der Waals surface area contributed by atoms with Crippen LogP contribution in [0.15, 0.2) is 0 Å². The maximum absolute atomic E-state index is 4.52. The highest BCUT2D eigenvalue weighted by Gasteiger charge is 2.21. The van der Waals surface area contributed by atoms with Gasteiger partial charge in [0.25, 0.3) is 0 Å². The second-order valence-corrected chi connectivity index (χ2v) is 5.02. The molecule has 1 aliphatic heterocycles. The quantitative estimate of drug-likeness (QED) is 0.872. The summed E-state index contributed by atoms with van der Waals surface area (Å²) in [7, 11) is 0. The summed E-state index contributed by atoms with van der Waals surface area (Å²) < 4.78 is 0. The first-order chi connectivity index (χ1) is 8.70. The SMILES string of the molecule is CCNCC1CCN(c2nnc(C)c(C)n2)CC1. The Morgan fingerprint density at radius 3 is 2.50 bits per heavy atom. The molecule has 5 heteroatoms. The minimum atomic E-state index is 0.792. The number of nitrogens with zero attached hydrogens (tertiary/aromatic N) is 4. The second kappa shape index (κ2) is 6.09. The van der Waals surface area contributed by atoms with Gasteiger partial charge in [0, 0.05) is 13.1 Å². The van der Waals surface area contributed by atoms with Crippen LogP contribution >= 0.6 is 0 Å². The monoisotopic (exact) mass is 249 g/mol. The third kappa shape index (κ3) is 3.16. The van der Waals surface area contributed by atoms with Crippen LogP contribution in [-0.4, -0.2) is 41.4 Å². The number of anilines is 1. The van der Waals surface area contributed by atoms with Crippen LogP contribution in [0, 0.1) is 19.8 Å². The van der Waals surface area contributed by atoms with E-state index in [0.717, 1.165) is 49.4 Å². The molecular weight excluding hydrogens is 226 g/mol. The lowest BCUT2D eigenvalue weighted by Gasteiger charge is -2.31. The topological polar surface area (TPSA) is 53.9 Å². The van der Waals surface area contributed by atoms with E-state index in [4.69, 9.17) is 0 Å². The van der Waals surface area contributed by atoms with Crippen LogP contribution in [-0.2, 0) is 0 Å². The molecule has 0 bridgehead atoms. The van der Waals surface area contributed by atoms with Crippen LogP contribution in [0.25, 0.3) is 0 Å². The molecule has 1 N–H and O–H groups in total. The standard InChI is InChI=1S/C13H23N5/c1-4-14-9-12-5-7-18(8-6-12)13-15-10(2)11(3)16-17-13/h12,14H,4-9H2,1-3H3. The number of aromatic nitrogens is 3. The molecule has 18 heavy (non-hydrogen) atoms. The smallest absolute Gasteiger partial charge is 0.245 e. The van der Waals surface area contributed by atoms with E-state index in [0.29, 0.717) is 0 Å². The normalized spacial score (nSPS) is 17.2. The predicted molar refractivity (Wildman–Crippen MR) is 72.8 cm³/mol. The Bertz CT molecular complexity index is 385. The Morgan fingerprint density at radius 1 is 1.17 bits per heavy atom. The first kappa shape index (κ1) is 13.2. The molecule has 1 aromatic rings. The molecule has 2 heterocycles. The first-order valence-corrected chi connectivity index (χ1v) is 6.84. The van der Waals surface area contributed by atoms with E-state index in [1.165, 1.54) is 12.8 Å². The van der Waals surface area contributed by atoms with Gasteiger partial charge >= 0.3 is 0 Å². The van der Waals surface area contributed by atoms with E-state index in [2.05, 4.69) is 32.3 Å². The molecule has 0 atom stereocenters. The van der Waals surface area contributed by atoms with Crippen molar-refractivity contribution in [2.45, 2.75) is 33.6 Å². The highest BCUT2D eigenvalue weighted by Crippen LogP contribution is 2.20. The van der Waals surface area contributed by atoms with Crippen LogP contribution < -0.4 is 10.2 Å². The van der Waals surface area contributed by atoms with E-state index in [1.807, 2.05) is 13.8 Å². The van der Waals surface area contributed by atoms with Gasteiger partial charge in [0.05, 0.1) is 11.4 Å². The van der Waals surface area contributed by atoms with E-state index in [1.54, 1.807) is 0 Å². The third-order valence-corrected chi connectivity index (χ3v) is 3.66. The zero-order valence-corrected chi connectivity index (χ0v) is 11.6. The largest absolute Gasteiger partial charge is 0.340 e. The molecule has 0 aliphatic carbocycles. The van der Waals surface area contributed by atoms with Crippen molar-refractivity contribution in [1.82, 2.24) is 20.5 Å². The predicted octanol–water partition coefficient (Wildman–Crippen LogP) is 1.31. The first-order valence-electron chi connectivity index (χ1n) is 6.84. The van der Waals surface area contributed by atoms with Crippen molar-refractivity contribution in [3.05, 3.63) is 11.4 Å². The van der Waals surface area contributed by atoms with Gasteiger partial charge in [0.2, 0.25) is 5.95 Å². The van der Waals surface area contributed by atoms with Crippen LogP contribution in [0.1, 0.15) is 31.2 Å². The molecule has 1 saturated heterocycles. The summed E-state index contributed by atoms with van der Waals surface area (Å²) >= 11 is 0.